The molecule has 5 heteroatoms. The molecule has 0 atom stereocenters. The summed E-state index contributed by atoms with van der Waals surface area (Å²) in [5.74, 6) is -0.874. The highest BCUT2D eigenvalue weighted by molar-refractivity contribution is 6.15. The Balaban J connectivity index is 1.78. The van der Waals surface area contributed by atoms with Gasteiger partial charge in [-0.2, -0.15) is 0 Å². The molecule has 1 aliphatic heterocycles. The van der Waals surface area contributed by atoms with E-state index in [0.717, 1.165) is 44.3 Å². The van der Waals surface area contributed by atoms with Gasteiger partial charge < -0.3 is 19.8 Å². The molecule has 5 nitrogen and oxygen atoms in total. The van der Waals surface area contributed by atoms with Crippen molar-refractivity contribution < 1.29 is 19.7 Å². The number of fused-ring (bicyclic) bond motifs is 1. The van der Waals surface area contributed by atoms with Gasteiger partial charge in [0.15, 0.2) is 17.3 Å². The fourth-order valence-electron chi connectivity index (χ4n) is 3.23. The maximum atomic E-state index is 12.5. The molecule has 28 heavy (non-hydrogen) atoms. The second-order valence-corrected chi connectivity index (χ2v) is 7.04. The topological polar surface area (TPSA) is 70.0 Å². The number of allylic oxidation sites excluding steroid dienone is 1. The van der Waals surface area contributed by atoms with Gasteiger partial charge in [0.1, 0.15) is 0 Å². The maximum absolute atomic E-state index is 12.5. The summed E-state index contributed by atoms with van der Waals surface area (Å²) in [5.41, 5.74) is 2.27. The Morgan fingerprint density at radius 1 is 0.964 bits per heavy atom. The average molecular weight is 381 g/mol. The molecule has 148 valence electrons. The number of phenols is 2. The molecule has 0 saturated heterocycles. The van der Waals surface area contributed by atoms with Crippen molar-refractivity contribution in [2.24, 2.45) is 0 Å². The van der Waals surface area contributed by atoms with E-state index >= 15 is 0 Å². The summed E-state index contributed by atoms with van der Waals surface area (Å²) >= 11 is 0. The Hall–Kier alpha value is -2.95. The molecule has 0 radical (unpaired) electrons. The summed E-state index contributed by atoms with van der Waals surface area (Å²) in [6, 6.07) is 10.8. The smallest absolute Gasteiger partial charge is 0.232 e. The molecule has 3 rings (SSSR count). The molecule has 0 aliphatic carbocycles. The van der Waals surface area contributed by atoms with Gasteiger partial charge in [-0.25, -0.2) is 0 Å². The van der Waals surface area contributed by atoms with Crippen molar-refractivity contribution in [1.29, 1.82) is 0 Å². The molecule has 1 aliphatic rings. The van der Waals surface area contributed by atoms with Crippen LogP contribution in [0.2, 0.25) is 0 Å². The van der Waals surface area contributed by atoms with Crippen molar-refractivity contribution in [3.63, 3.8) is 0 Å². The van der Waals surface area contributed by atoms with Gasteiger partial charge in [0, 0.05) is 18.8 Å². The zero-order chi connectivity index (χ0) is 20.1. The number of carbonyl (C=O) groups excluding carboxylic acids is 1. The maximum Gasteiger partial charge on any atom is 0.232 e. The summed E-state index contributed by atoms with van der Waals surface area (Å²) < 4.78 is 5.51. The van der Waals surface area contributed by atoms with E-state index in [1.54, 1.807) is 6.08 Å². The van der Waals surface area contributed by atoms with Crippen LogP contribution in [-0.4, -0.2) is 29.1 Å². The minimum Gasteiger partial charge on any atom is -0.504 e. The van der Waals surface area contributed by atoms with E-state index in [4.69, 9.17) is 4.74 Å². The second-order valence-electron chi connectivity index (χ2n) is 7.04. The molecular formula is C23H27NO4. The Labute approximate surface area is 165 Å². The SMILES string of the molecule is CCCCN(CCCC)c1ccc(C=C2Oc3c(ccc(O)c3O)C2=O)cc1. The second kappa shape index (κ2) is 8.83. The van der Waals surface area contributed by atoms with Crippen LogP contribution in [-0.2, 0) is 0 Å². The highest BCUT2D eigenvalue weighted by Crippen LogP contribution is 2.44. The zero-order valence-electron chi connectivity index (χ0n) is 16.4. The van der Waals surface area contributed by atoms with E-state index in [1.165, 1.54) is 17.8 Å². The number of Topliss-reactive ketones (excluding diaryl/α,β-unsaturated/α-hetero) is 1. The van der Waals surface area contributed by atoms with Gasteiger partial charge in [-0.1, -0.05) is 38.8 Å². The van der Waals surface area contributed by atoms with Crippen molar-refractivity contribution in [3.8, 4) is 17.2 Å². The van der Waals surface area contributed by atoms with Crippen LogP contribution >= 0.6 is 0 Å². The van der Waals surface area contributed by atoms with E-state index in [0.29, 0.717) is 0 Å². The lowest BCUT2D eigenvalue weighted by Crippen LogP contribution is -2.25. The monoisotopic (exact) mass is 381 g/mol. The lowest BCUT2D eigenvalue weighted by atomic mass is 10.1. The van der Waals surface area contributed by atoms with Crippen molar-refractivity contribution in [3.05, 3.63) is 53.3 Å². The number of nitrogens with zero attached hydrogens (tertiary/aromatic N) is 1. The molecule has 1 heterocycles. The number of aromatic hydroxyl groups is 2. The highest BCUT2D eigenvalue weighted by Gasteiger charge is 2.31. The number of ether oxygens (including phenoxy) is 1. The molecular weight excluding hydrogens is 354 g/mol. The fraction of sp³-hybridized carbons (Fsp3) is 0.348. The van der Waals surface area contributed by atoms with E-state index in [-0.39, 0.29) is 28.6 Å². The predicted molar refractivity (Wildman–Crippen MR) is 111 cm³/mol. The molecule has 2 aromatic carbocycles. The first-order valence-corrected chi connectivity index (χ1v) is 9.89. The molecule has 0 fully saturated rings. The quantitative estimate of drug-likeness (QED) is 0.490. The van der Waals surface area contributed by atoms with Gasteiger partial charge in [-0.05, 0) is 48.7 Å². The lowest BCUT2D eigenvalue weighted by Gasteiger charge is -2.24. The summed E-state index contributed by atoms with van der Waals surface area (Å²) in [7, 11) is 0. The number of carbonyl (C=O) groups is 1. The molecule has 0 saturated carbocycles. The van der Waals surface area contributed by atoms with Gasteiger partial charge in [0.2, 0.25) is 11.5 Å². The first-order valence-electron chi connectivity index (χ1n) is 9.89. The van der Waals surface area contributed by atoms with E-state index < -0.39 is 5.75 Å². The minimum absolute atomic E-state index is 0.0122. The zero-order valence-corrected chi connectivity index (χ0v) is 16.4. The van der Waals surface area contributed by atoms with E-state index in [9.17, 15) is 15.0 Å². The van der Waals surface area contributed by atoms with Crippen molar-refractivity contribution in [2.45, 2.75) is 39.5 Å². The number of ketones is 1. The van der Waals surface area contributed by atoms with Crippen LogP contribution in [0.1, 0.15) is 55.5 Å². The Kier molecular flexibility index (Phi) is 6.24. The first kappa shape index (κ1) is 19.8. The number of hydrogen-bond donors (Lipinski definition) is 2. The number of benzene rings is 2. The summed E-state index contributed by atoms with van der Waals surface area (Å²) in [6.07, 6.45) is 6.30. The van der Waals surface area contributed by atoms with Crippen LogP contribution in [0.25, 0.3) is 6.08 Å². The molecule has 0 aromatic heterocycles. The third-order valence-corrected chi connectivity index (χ3v) is 4.91. The number of rotatable bonds is 8. The first-order chi connectivity index (χ1) is 13.5. The van der Waals surface area contributed by atoms with Crippen LogP contribution in [0.5, 0.6) is 17.2 Å². The van der Waals surface area contributed by atoms with Crippen molar-refractivity contribution in [2.75, 3.05) is 18.0 Å². The van der Waals surface area contributed by atoms with E-state index in [1.807, 2.05) is 12.1 Å². The van der Waals surface area contributed by atoms with Crippen LogP contribution in [0.15, 0.2) is 42.2 Å². The predicted octanol–water partition coefficient (Wildman–Crippen LogP) is 5.12. The van der Waals surface area contributed by atoms with Crippen molar-refractivity contribution in [1.82, 2.24) is 0 Å². The van der Waals surface area contributed by atoms with E-state index in [2.05, 4.69) is 30.9 Å². The molecule has 2 N–H and O–H groups in total. The van der Waals surface area contributed by atoms with Gasteiger partial charge in [0.05, 0.1) is 5.56 Å². The van der Waals surface area contributed by atoms with Crippen molar-refractivity contribution >= 4 is 17.5 Å². The number of hydrogen-bond acceptors (Lipinski definition) is 5. The van der Waals surface area contributed by atoms with Gasteiger partial charge in [-0.3, -0.25) is 4.79 Å². The molecule has 0 unspecified atom stereocenters. The summed E-state index contributed by atoms with van der Waals surface area (Å²) in [5, 5.41) is 19.5. The molecule has 0 amide bonds. The Morgan fingerprint density at radius 3 is 2.21 bits per heavy atom. The van der Waals surface area contributed by atoms with Gasteiger partial charge in [-0.15, -0.1) is 0 Å². The number of unbranched alkanes of at least 4 members (excludes halogenated alkanes) is 2. The van der Waals surface area contributed by atoms with Crippen LogP contribution in [0.3, 0.4) is 0 Å². The van der Waals surface area contributed by atoms with Gasteiger partial charge in [0.25, 0.3) is 0 Å². The molecule has 2 aromatic rings. The number of phenolic OH excluding ortho intramolecular Hbond substituents is 2. The fourth-order valence-corrected chi connectivity index (χ4v) is 3.23. The lowest BCUT2D eigenvalue weighted by molar-refractivity contribution is 0.101. The van der Waals surface area contributed by atoms with Crippen LogP contribution in [0, 0.1) is 0 Å². The number of anilines is 1. The summed E-state index contributed by atoms with van der Waals surface area (Å²) in [4.78, 5) is 14.9. The molecule has 0 bridgehead atoms. The summed E-state index contributed by atoms with van der Waals surface area (Å²) in [6.45, 7) is 6.47. The third-order valence-electron chi connectivity index (χ3n) is 4.91. The Morgan fingerprint density at radius 2 is 1.61 bits per heavy atom. The van der Waals surface area contributed by atoms with Gasteiger partial charge >= 0.3 is 0 Å². The normalized spacial score (nSPS) is 14.2. The average Bonchev–Trinajstić information content (AvgIpc) is 3.02. The highest BCUT2D eigenvalue weighted by atomic mass is 16.5. The van der Waals surface area contributed by atoms with Crippen LogP contribution in [0.4, 0.5) is 5.69 Å². The largest absolute Gasteiger partial charge is 0.504 e. The van der Waals surface area contributed by atoms with Crippen LogP contribution < -0.4 is 9.64 Å². The Bertz CT molecular complexity index is 863. The molecule has 0 spiro atoms. The third kappa shape index (κ3) is 4.14. The standard InChI is InChI=1S/C23H27NO4/c1-3-5-13-24(14-6-4-2)17-9-7-16(8-10-17)15-20-21(26)18-11-12-19(25)22(27)23(18)28-20/h7-12,15,25,27H,3-6,13-14H2,1-2H3. The minimum atomic E-state index is -0.410.